The normalized spacial score (nSPS) is 14.5. The number of nitro groups is 1. The number of nitro benzene ring substituents is 1. The summed E-state index contributed by atoms with van der Waals surface area (Å²) in [6.07, 6.45) is 1.60. The minimum absolute atomic E-state index is 0.135. The summed E-state index contributed by atoms with van der Waals surface area (Å²) >= 11 is 8.43. The van der Waals surface area contributed by atoms with Crippen LogP contribution in [0, 0.1) is 24.0 Å². The zero-order valence-electron chi connectivity index (χ0n) is 24.7. The number of carbonyl (C=O) groups excluding carboxylic acids is 1. The highest BCUT2D eigenvalue weighted by molar-refractivity contribution is 7.99. The van der Waals surface area contributed by atoms with Gasteiger partial charge < -0.3 is 5.32 Å². The van der Waals surface area contributed by atoms with Crippen LogP contribution in [0.2, 0.25) is 5.02 Å². The molecule has 0 aliphatic carbocycles. The van der Waals surface area contributed by atoms with Gasteiger partial charge in [0.15, 0.2) is 9.96 Å². The predicted molar refractivity (Wildman–Crippen MR) is 179 cm³/mol. The Morgan fingerprint density at radius 1 is 1.02 bits per heavy atom. The van der Waals surface area contributed by atoms with Crippen LogP contribution in [0.15, 0.2) is 110 Å². The van der Waals surface area contributed by atoms with Crippen molar-refractivity contribution in [3.63, 3.8) is 0 Å². The lowest BCUT2D eigenvalue weighted by Gasteiger charge is -2.25. The summed E-state index contributed by atoms with van der Waals surface area (Å²) in [6.45, 7) is 5.41. The number of rotatable bonds is 7. The molecule has 1 aliphatic heterocycles. The molecule has 0 saturated carbocycles. The Labute approximate surface area is 276 Å². The number of nitrogens with zero attached hydrogens (tertiary/aromatic N) is 5. The summed E-state index contributed by atoms with van der Waals surface area (Å²) in [5.74, 6) is -0.391. The van der Waals surface area contributed by atoms with Gasteiger partial charge in [-0.2, -0.15) is 0 Å². The Balaban J connectivity index is 1.43. The lowest BCUT2D eigenvalue weighted by Crippen LogP contribution is -2.40. The molecular formula is C33H25ClN6O4S2. The van der Waals surface area contributed by atoms with Gasteiger partial charge in [-0.15, -0.1) is 0 Å². The second-order valence-electron chi connectivity index (χ2n) is 10.5. The summed E-state index contributed by atoms with van der Waals surface area (Å²) in [5, 5.41) is 15.9. The number of nitrogens with one attached hydrogen (secondary N) is 1. The molecule has 0 saturated heterocycles. The first-order chi connectivity index (χ1) is 22.1. The predicted octanol–water partition coefficient (Wildman–Crippen LogP) is 5.99. The van der Waals surface area contributed by atoms with Crippen molar-refractivity contribution in [2.45, 2.75) is 36.9 Å². The molecular weight excluding hydrogens is 644 g/mol. The highest BCUT2D eigenvalue weighted by Crippen LogP contribution is 2.34. The highest BCUT2D eigenvalue weighted by atomic mass is 35.5. The molecule has 1 aliphatic rings. The molecule has 2 aromatic heterocycles. The van der Waals surface area contributed by atoms with Crippen LogP contribution in [0.1, 0.15) is 35.5 Å². The molecule has 1 N–H and O–H groups in total. The van der Waals surface area contributed by atoms with Crippen LogP contribution >= 0.6 is 34.7 Å². The summed E-state index contributed by atoms with van der Waals surface area (Å²) in [7, 11) is 0. The minimum Gasteiger partial charge on any atom is -0.322 e. The fourth-order valence-corrected chi connectivity index (χ4v) is 7.26. The van der Waals surface area contributed by atoms with E-state index in [0.717, 1.165) is 34.5 Å². The Kier molecular flexibility index (Phi) is 8.67. The second-order valence-corrected chi connectivity index (χ2v) is 12.9. The number of amides is 1. The SMILES string of the molecule is CC1=C(C(=O)Nc2ccccc2)[C@H](c2ccc(Cl)cc2)n2c(s/c(=C/c3ccc(Sc4nc(C)cc(C)n4)c([N+](=O)[O-])c3)c2=O)=N1. The Morgan fingerprint density at radius 3 is 2.39 bits per heavy atom. The third-order valence-corrected chi connectivity index (χ3v) is 9.29. The van der Waals surface area contributed by atoms with E-state index in [4.69, 9.17) is 11.6 Å². The van der Waals surface area contributed by atoms with Gasteiger partial charge in [0.05, 0.1) is 31.7 Å². The van der Waals surface area contributed by atoms with E-state index in [-0.39, 0.29) is 11.2 Å². The van der Waals surface area contributed by atoms with Crippen LogP contribution in [0.25, 0.3) is 6.08 Å². The van der Waals surface area contributed by atoms with E-state index in [9.17, 15) is 19.7 Å². The lowest BCUT2D eigenvalue weighted by molar-refractivity contribution is -0.387. The Bertz CT molecular complexity index is 2210. The number of thiazole rings is 1. The smallest absolute Gasteiger partial charge is 0.283 e. The van der Waals surface area contributed by atoms with Crippen LogP contribution in [-0.2, 0) is 4.79 Å². The van der Waals surface area contributed by atoms with Crippen molar-refractivity contribution in [3.8, 4) is 0 Å². The molecule has 230 valence electrons. The molecule has 1 amide bonds. The van der Waals surface area contributed by atoms with Gasteiger partial charge in [-0.1, -0.05) is 59.3 Å². The topological polar surface area (TPSA) is 132 Å². The molecule has 46 heavy (non-hydrogen) atoms. The van der Waals surface area contributed by atoms with Crippen LogP contribution in [0.4, 0.5) is 11.4 Å². The highest BCUT2D eigenvalue weighted by Gasteiger charge is 2.32. The summed E-state index contributed by atoms with van der Waals surface area (Å²) in [4.78, 5) is 53.5. The fourth-order valence-electron chi connectivity index (χ4n) is 5.13. The quantitative estimate of drug-likeness (QED) is 0.128. The number of hydrogen-bond acceptors (Lipinski definition) is 9. The maximum absolute atomic E-state index is 14.0. The van der Waals surface area contributed by atoms with E-state index < -0.39 is 16.9 Å². The molecule has 6 rings (SSSR count). The number of benzene rings is 3. The average molecular weight is 669 g/mol. The zero-order valence-corrected chi connectivity index (χ0v) is 27.1. The van der Waals surface area contributed by atoms with Crippen molar-refractivity contribution in [3.05, 3.63) is 147 Å². The minimum atomic E-state index is -0.787. The van der Waals surface area contributed by atoms with Crippen molar-refractivity contribution in [2.75, 3.05) is 5.32 Å². The number of fused-ring (bicyclic) bond motifs is 1. The molecule has 10 nitrogen and oxygen atoms in total. The number of carbonyl (C=O) groups is 1. The maximum atomic E-state index is 14.0. The van der Waals surface area contributed by atoms with Gasteiger partial charge in [-0.25, -0.2) is 15.0 Å². The molecule has 0 spiro atoms. The number of para-hydroxylation sites is 1. The first kappa shape index (κ1) is 31.1. The van der Waals surface area contributed by atoms with Gasteiger partial charge in [0.1, 0.15) is 0 Å². The van der Waals surface area contributed by atoms with Crippen molar-refractivity contribution in [1.29, 1.82) is 0 Å². The molecule has 5 aromatic rings. The van der Waals surface area contributed by atoms with Gasteiger partial charge in [-0.3, -0.25) is 24.3 Å². The average Bonchev–Trinajstić information content (AvgIpc) is 3.31. The number of allylic oxidation sites excluding steroid dienone is 1. The summed E-state index contributed by atoms with van der Waals surface area (Å²) in [6, 6.07) is 21.8. The molecule has 3 aromatic carbocycles. The van der Waals surface area contributed by atoms with Crippen LogP contribution in [-0.4, -0.2) is 25.4 Å². The van der Waals surface area contributed by atoms with Gasteiger partial charge >= 0.3 is 0 Å². The van der Waals surface area contributed by atoms with Crippen LogP contribution in [0.3, 0.4) is 0 Å². The van der Waals surface area contributed by atoms with Gasteiger partial charge in [0.2, 0.25) is 0 Å². The molecule has 1 atom stereocenters. The fraction of sp³-hybridized carbons (Fsp3) is 0.121. The van der Waals surface area contributed by atoms with Crippen molar-refractivity contribution >= 4 is 58.1 Å². The molecule has 0 unspecified atom stereocenters. The van der Waals surface area contributed by atoms with Gasteiger partial charge in [0, 0.05) is 28.2 Å². The zero-order chi connectivity index (χ0) is 32.5. The largest absolute Gasteiger partial charge is 0.322 e. The summed E-state index contributed by atoms with van der Waals surface area (Å²) in [5.41, 5.74) is 3.53. The Hall–Kier alpha value is -4.91. The molecule has 13 heteroatoms. The van der Waals surface area contributed by atoms with E-state index in [1.165, 1.54) is 10.6 Å². The number of anilines is 1. The monoisotopic (exact) mass is 668 g/mol. The van der Waals surface area contributed by atoms with E-state index in [1.54, 1.807) is 61.5 Å². The van der Waals surface area contributed by atoms with Crippen LogP contribution < -0.4 is 20.2 Å². The van der Waals surface area contributed by atoms with Gasteiger partial charge in [0.25, 0.3) is 17.2 Å². The maximum Gasteiger partial charge on any atom is 0.283 e. The Morgan fingerprint density at radius 2 is 1.72 bits per heavy atom. The molecule has 0 fully saturated rings. The molecule has 3 heterocycles. The first-order valence-corrected chi connectivity index (χ1v) is 16.0. The third kappa shape index (κ3) is 6.41. The van der Waals surface area contributed by atoms with Crippen LogP contribution in [0.5, 0.6) is 0 Å². The molecule has 0 bridgehead atoms. The lowest BCUT2D eigenvalue weighted by atomic mass is 9.95. The van der Waals surface area contributed by atoms with Gasteiger partial charge in [-0.05, 0) is 86.1 Å². The van der Waals surface area contributed by atoms with E-state index in [0.29, 0.717) is 52.5 Å². The number of aromatic nitrogens is 3. The third-order valence-electron chi connectivity index (χ3n) is 7.12. The number of hydrogen-bond donors (Lipinski definition) is 1. The number of halogens is 1. The van der Waals surface area contributed by atoms with E-state index in [2.05, 4.69) is 20.3 Å². The van der Waals surface area contributed by atoms with Crippen molar-refractivity contribution < 1.29 is 9.72 Å². The van der Waals surface area contributed by atoms with E-state index in [1.807, 2.05) is 38.1 Å². The standard InChI is InChI=1S/C33H25ClN6O4S2/c1-18-15-19(2)36-32(35-18)45-26-14-9-21(16-25(26)40(43)44)17-27-31(42)39-29(22-10-12-23(34)13-11-22)28(20(3)37-33(39)46-27)30(41)38-24-7-5-4-6-8-24/h4-17,29H,1-3H3,(H,38,41)/b27-17+/t29-/m0/s1. The first-order valence-electron chi connectivity index (χ1n) is 14.0. The van der Waals surface area contributed by atoms with Crippen molar-refractivity contribution in [2.24, 2.45) is 4.99 Å². The van der Waals surface area contributed by atoms with Crippen molar-refractivity contribution in [1.82, 2.24) is 14.5 Å². The van der Waals surface area contributed by atoms with E-state index >= 15 is 0 Å². The molecule has 0 radical (unpaired) electrons. The summed E-state index contributed by atoms with van der Waals surface area (Å²) < 4.78 is 1.80. The number of aryl methyl sites for hydroxylation is 2. The second kappa shape index (κ2) is 12.8.